The molecule has 0 saturated carbocycles. The van der Waals surface area contributed by atoms with Crippen molar-refractivity contribution in [1.82, 2.24) is 0 Å². The topological polar surface area (TPSA) is 29.5 Å². The fourth-order valence-electron chi connectivity index (χ4n) is 2.16. The molecule has 1 fully saturated rings. The normalized spacial score (nSPS) is 19.3. The third-order valence-electron chi connectivity index (χ3n) is 3.25. The standard InChI is InChI=1S/C14H14F3NO2/c1-3-9-4-13(19)18(8-9)11-5-10(14(15,16)17)6-12(7-11)20-2/h3,5-7,9H,1,4,8H2,2H3. The Morgan fingerprint density at radius 1 is 1.40 bits per heavy atom. The van der Waals surface area contributed by atoms with Gasteiger partial charge in [0.2, 0.25) is 5.91 Å². The summed E-state index contributed by atoms with van der Waals surface area (Å²) in [5, 5.41) is 0. The number of nitrogens with zero attached hydrogens (tertiary/aromatic N) is 1. The van der Waals surface area contributed by atoms with Crippen molar-refractivity contribution in [2.75, 3.05) is 18.6 Å². The molecule has 1 amide bonds. The highest BCUT2D eigenvalue weighted by Crippen LogP contribution is 2.36. The minimum absolute atomic E-state index is 0.0389. The van der Waals surface area contributed by atoms with E-state index in [2.05, 4.69) is 6.58 Å². The molecule has 20 heavy (non-hydrogen) atoms. The molecule has 1 atom stereocenters. The van der Waals surface area contributed by atoms with E-state index in [-0.39, 0.29) is 29.7 Å². The molecule has 3 nitrogen and oxygen atoms in total. The van der Waals surface area contributed by atoms with Gasteiger partial charge in [0.15, 0.2) is 0 Å². The van der Waals surface area contributed by atoms with Crippen LogP contribution in [-0.2, 0) is 11.0 Å². The predicted molar refractivity (Wildman–Crippen MR) is 68.7 cm³/mol. The van der Waals surface area contributed by atoms with Gasteiger partial charge in [-0.2, -0.15) is 13.2 Å². The van der Waals surface area contributed by atoms with Crippen LogP contribution >= 0.6 is 0 Å². The lowest BCUT2D eigenvalue weighted by atomic mass is 10.1. The number of halogens is 3. The third kappa shape index (κ3) is 2.79. The molecule has 0 spiro atoms. The Hall–Kier alpha value is -1.98. The van der Waals surface area contributed by atoms with Crippen molar-refractivity contribution >= 4 is 11.6 Å². The van der Waals surface area contributed by atoms with Crippen LogP contribution in [0.4, 0.5) is 18.9 Å². The molecular formula is C14H14F3NO2. The third-order valence-corrected chi connectivity index (χ3v) is 3.25. The second-order valence-corrected chi connectivity index (χ2v) is 4.62. The summed E-state index contributed by atoms with van der Waals surface area (Å²) in [4.78, 5) is 13.2. The van der Waals surface area contributed by atoms with Gasteiger partial charge in [-0.3, -0.25) is 4.79 Å². The smallest absolute Gasteiger partial charge is 0.416 e. The van der Waals surface area contributed by atoms with Gasteiger partial charge in [0.1, 0.15) is 5.75 Å². The molecule has 0 radical (unpaired) electrons. The van der Waals surface area contributed by atoms with Crippen LogP contribution in [0.2, 0.25) is 0 Å². The lowest BCUT2D eigenvalue weighted by molar-refractivity contribution is -0.137. The van der Waals surface area contributed by atoms with Gasteiger partial charge in [0.25, 0.3) is 0 Å². The molecule has 2 rings (SSSR count). The van der Waals surface area contributed by atoms with Crippen LogP contribution in [0.5, 0.6) is 5.75 Å². The van der Waals surface area contributed by atoms with E-state index in [4.69, 9.17) is 4.74 Å². The van der Waals surface area contributed by atoms with Gasteiger partial charge in [-0.1, -0.05) is 6.08 Å². The van der Waals surface area contributed by atoms with Crippen molar-refractivity contribution in [2.45, 2.75) is 12.6 Å². The molecule has 1 aliphatic rings. The van der Waals surface area contributed by atoms with E-state index in [9.17, 15) is 18.0 Å². The molecule has 0 aliphatic carbocycles. The molecule has 1 aromatic carbocycles. The monoisotopic (exact) mass is 285 g/mol. The largest absolute Gasteiger partial charge is 0.497 e. The van der Waals surface area contributed by atoms with Crippen molar-refractivity contribution in [3.63, 3.8) is 0 Å². The molecule has 1 unspecified atom stereocenters. The SMILES string of the molecule is C=CC1CC(=O)N(c2cc(OC)cc(C(F)(F)F)c2)C1. The number of methoxy groups -OCH3 is 1. The first-order chi connectivity index (χ1) is 9.35. The Labute approximate surface area is 114 Å². The lowest BCUT2D eigenvalue weighted by Crippen LogP contribution is -2.24. The summed E-state index contributed by atoms with van der Waals surface area (Å²) in [6, 6.07) is 3.31. The number of rotatable bonds is 3. The molecule has 1 aliphatic heterocycles. The number of amides is 1. The zero-order valence-corrected chi connectivity index (χ0v) is 10.9. The van der Waals surface area contributed by atoms with Gasteiger partial charge in [-0.05, 0) is 12.1 Å². The number of anilines is 1. The van der Waals surface area contributed by atoms with Crippen LogP contribution < -0.4 is 9.64 Å². The zero-order valence-electron chi connectivity index (χ0n) is 10.9. The summed E-state index contributed by atoms with van der Waals surface area (Å²) in [6.45, 7) is 3.95. The predicted octanol–water partition coefficient (Wildman–Crippen LogP) is 3.25. The molecule has 1 aromatic rings. The molecule has 108 valence electrons. The van der Waals surface area contributed by atoms with Crippen LogP contribution in [0.1, 0.15) is 12.0 Å². The number of hydrogen-bond donors (Lipinski definition) is 0. The van der Waals surface area contributed by atoms with Gasteiger partial charge in [-0.25, -0.2) is 0 Å². The Balaban J connectivity index is 2.41. The first-order valence-corrected chi connectivity index (χ1v) is 6.04. The second-order valence-electron chi connectivity index (χ2n) is 4.62. The van der Waals surface area contributed by atoms with Gasteiger partial charge >= 0.3 is 6.18 Å². The first-order valence-electron chi connectivity index (χ1n) is 6.04. The zero-order chi connectivity index (χ0) is 14.9. The highest BCUT2D eigenvalue weighted by Gasteiger charge is 2.34. The quantitative estimate of drug-likeness (QED) is 0.798. The van der Waals surface area contributed by atoms with Crippen molar-refractivity contribution in [3.05, 3.63) is 36.4 Å². The fourth-order valence-corrected chi connectivity index (χ4v) is 2.16. The molecule has 1 heterocycles. The number of hydrogen-bond acceptors (Lipinski definition) is 2. The van der Waals surface area contributed by atoms with Gasteiger partial charge in [-0.15, -0.1) is 6.58 Å². The number of ether oxygens (including phenoxy) is 1. The summed E-state index contributed by atoms with van der Waals surface area (Å²) < 4.78 is 43.4. The van der Waals surface area contributed by atoms with Crippen LogP contribution in [0, 0.1) is 5.92 Å². The maximum atomic E-state index is 12.8. The van der Waals surface area contributed by atoms with E-state index in [0.717, 1.165) is 12.1 Å². The van der Waals surface area contributed by atoms with Gasteiger partial charge in [0, 0.05) is 30.6 Å². The van der Waals surface area contributed by atoms with Crippen LogP contribution in [-0.4, -0.2) is 19.6 Å². The van der Waals surface area contributed by atoms with E-state index in [0.29, 0.717) is 6.54 Å². The van der Waals surface area contributed by atoms with E-state index in [1.807, 2.05) is 0 Å². The molecule has 6 heteroatoms. The molecule has 0 aromatic heterocycles. The molecule has 0 bridgehead atoms. The summed E-state index contributed by atoms with van der Waals surface area (Å²) in [5.41, 5.74) is -0.632. The summed E-state index contributed by atoms with van der Waals surface area (Å²) >= 11 is 0. The maximum Gasteiger partial charge on any atom is 0.416 e. The average molecular weight is 285 g/mol. The summed E-state index contributed by atoms with van der Waals surface area (Å²) in [6.07, 6.45) is -2.57. The van der Waals surface area contributed by atoms with Gasteiger partial charge < -0.3 is 9.64 Å². The Morgan fingerprint density at radius 3 is 2.60 bits per heavy atom. The van der Waals surface area contributed by atoms with E-state index >= 15 is 0 Å². The Kier molecular flexibility index (Phi) is 3.74. The van der Waals surface area contributed by atoms with Gasteiger partial charge in [0.05, 0.1) is 12.7 Å². The van der Waals surface area contributed by atoms with E-state index in [1.165, 1.54) is 18.1 Å². The highest BCUT2D eigenvalue weighted by molar-refractivity contribution is 5.96. The fraction of sp³-hybridized carbons (Fsp3) is 0.357. The van der Waals surface area contributed by atoms with Crippen molar-refractivity contribution in [2.24, 2.45) is 5.92 Å². The average Bonchev–Trinajstić information content (AvgIpc) is 2.78. The Morgan fingerprint density at radius 2 is 2.10 bits per heavy atom. The van der Waals surface area contributed by atoms with Crippen LogP contribution in [0.3, 0.4) is 0 Å². The summed E-state index contributed by atoms with van der Waals surface area (Å²) in [5.74, 6) is -0.177. The summed E-state index contributed by atoms with van der Waals surface area (Å²) in [7, 11) is 1.29. The molecule has 0 N–H and O–H groups in total. The Bertz CT molecular complexity index is 540. The van der Waals surface area contributed by atoms with E-state index in [1.54, 1.807) is 6.08 Å². The molecule has 1 saturated heterocycles. The first kappa shape index (κ1) is 14.4. The second kappa shape index (κ2) is 5.19. The number of carbonyl (C=O) groups is 1. The van der Waals surface area contributed by atoms with Crippen LogP contribution in [0.15, 0.2) is 30.9 Å². The van der Waals surface area contributed by atoms with Crippen molar-refractivity contribution < 1.29 is 22.7 Å². The van der Waals surface area contributed by atoms with Crippen molar-refractivity contribution in [1.29, 1.82) is 0 Å². The van der Waals surface area contributed by atoms with Crippen LogP contribution in [0.25, 0.3) is 0 Å². The maximum absolute atomic E-state index is 12.8. The highest BCUT2D eigenvalue weighted by atomic mass is 19.4. The number of carbonyl (C=O) groups excluding carboxylic acids is 1. The molecular weight excluding hydrogens is 271 g/mol. The number of alkyl halides is 3. The lowest BCUT2D eigenvalue weighted by Gasteiger charge is -2.19. The van der Waals surface area contributed by atoms with E-state index < -0.39 is 11.7 Å². The van der Waals surface area contributed by atoms with Crippen molar-refractivity contribution in [3.8, 4) is 5.75 Å². The minimum Gasteiger partial charge on any atom is -0.497 e. The minimum atomic E-state index is -4.48. The number of benzene rings is 1.